The molecule has 1 aromatic heterocycles. The average molecular weight is 443 g/mol. The molecule has 1 aliphatic rings. The van der Waals surface area contributed by atoms with Gasteiger partial charge in [-0.15, -0.1) is 11.3 Å². The van der Waals surface area contributed by atoms with E-state index in [9.17, 15) is 19.7 Å². The number of hydrogen-bond acceptors (Lipinski definition) is 5. The number of ether oxygens (including phenoxy) is 1. The lowest BCUT2D eigenvalue weighted by Gasteiger charge is -2.41. The molecule has 2 aromatic carbocycles. The molecule has 164 valence electrons. The summed E-state index contributed by atoms with van der Waals surface area (Å²) in [5, 5.41) is 30.6. The normalized spacial score (nSPS) is 26.2. The molecule has 4 rings (SSSR count). The monoisotopic (exact) mass is 442 g/mol. The van der Waals surface area contributed by atoms with Crippen LogP contribution in [0.3, 0.4) is 0 Å². The van der Waals surface area contributed by atoms with Crippen LogP contribution < -0.4 is 0 Å². The van der Waals surface area contributed by atoms with Crippen LogP contribution >= 0.6 is 11.3 Å². The number of aliphatic hydroxyl groups excluding tert-OH is 3. The zero-order valence-corrected chi connectivity index (χ0v) is 18.3. The molecule has 0 spiro atoms. The number of rotatable bonds is 5. The minimum atomic E-state index is -1.06. The quantitative estimate of drug-likeness (QED) is 0.553. The first-order valence-electron chi connectivity index (χ1n) is 10.4. The van der Waals surface area contributed by atoms with Gasteiger partial charge >= 0.3 is 0 Å². The maximum absolute atomic E-state index is 13.2. The van der Waals surface area contributed by atoms with Gasteiger partial charge in [0.25, 0.3) is 0 Å². The van der Waals surface area contributed by atoms with Crippen LogP contribution in [0.1, 0.15) is 34.6 Å². The van der Waals surface area contributed by atoms with Crippen molar-refractivity contribution in [3.63, 3.8) is 0 Å². The second-order valence-corrected chi connectivity index (χ2v) is 9.42. The molecule has 2 heterocycles. The Morgan fingerprint density at radius 1 is 1.00 bits per heavy atom. The smallest absolute Gasteiger partial charge is 0.123 e. The molecule has 3 N–H and O–H groups in total. The van der Waals surface area contributed by atoms with E-state index in [1.807, 2.05) is 31.2 Å². The summed E-state index contributed by atoms with van der Waals surface area (Å²) in [5.74, 6) is -0.597. The maximum Gasteiger partial charge on any atom is 0.123 e. The summed E-state index contributed by atoms with van der Waals surface area (Å²) in [4.78, 5) is 2.25. The summed E-state index contributed by atoms with van der Waals surface area (Å²) in [5.41, 5.74) is 4.00. The molecule has 1 fully saturated rings. The van der Waals surface area contributed by atoms with E-state index >= 15 is 0 Å². The van der Waals surface area contributed by atoms with Gasteiger partial charge in [-0.2, -0.15) is 0 Å². The summed E-state index contributed by atoms with van der Waals surface area (Å²) in [7, 11) is 0. The Morgan fingerprint density at radius 2 is 1.74 bits per heavy atom. The number of aliphatic hydroxyl groups is 3. The standard InChI is InChI=1S/C25H27FO4S/c1-14-3-4-17(25-24(29)23(28)15(2)21(13-27)30-25)11-18(14)12-20-9-10-22(31-20)16-5-7-19(26)8-6-16/h3-11,15,21,23-25,27-29H,12-13H2,1-2H3. The fourth-order valence-electron chi connectivity index (χ4n) is 4.08. The van der Waals surface area contributed by atoms with Gasteiger partial charge in [0.2, 0.25) is 0 Å². The van der Waals surface area contributed by atoms with Gasteiger partial charge in [-0.25, -0.2) is 4.39 Å². The maximum atomic E-state index is 13.2. The van der Waals surface area contributed by atoms with Crippen LogP contribution in [0.25, 0.3) is 10.4 Å². The van der Waals surface area contributed by atoms with Gasteiger partial charge in [0.05, 0.1) is 18.8 Å². The van der Waals surface area contributed by atoms with E-state index in [0.29, 0.717) is 0 Å². The summed E-state index contributed by atoms with van der Waals surface area (Å²) >= 11 is 1.67. The highest BCUT2D eigenvalue weighted by Crippen LogP contribution is 2.36. The fraction of sp³-hybridized carbons (Fsp3) is 0.360. The largest absolute Gasteiger partial charge is 0.394 e. The molecule has 31 heavy (non-hydrogen) atoms. The fourth-order valence-corrected chi connectivity index (χ4v) is 5.11. The van der Waals surface area contributed by atoms with E-state index in [-0.39, 0.29) is 18.3 Å². The lowest BCUT2D eigenvalue weighted by molar-refractivity contribution is -0.207. The molecule has 5 unspecified atom stereocenters. The van der Waals surface area contributed by atoms with Crippen LogP contribution in [0.5, 0.6) is 0 Å². The summed E-state index contributed by atoms with van der Waals surface area (Å²) < 4.78 is 19.1. The van der Waals surface area contributed by atoms with E-state index in [0.717, 1.165) is 33.6 Å². The molecule has 1 saturated heterocycles. The van der Waals surface area contributed by atoms with E-state index in [1.54, 1.807) is 30.4 Å². The van der Waals surface area contributed by atoms with Crippen molar-refractivity contribution in [3.05, 3.63) is 82.0 Å². The highest BCUT2D eigenvalue weighted by Gasteiger charge is 2.42. The van der Waals surface area contributed by atoms with Crippen LogP contribution in [-0.2, 0) is 11.2 Å². The van der Waals surface area contributed by atoms with Crippen LogP contribution in [0.15, 0.2) is 54.6 Å². The predicted octanol–water partition coefficient (Wildman–Crippen LogP) is 4.24. The van der Waals surface area contributed by atoms with Crippen molar-refractivity contribution in [1.29, 1.82) is 0 Å². The first-order valence-corrected chi connectivity index (χ1v) is 11.3. The first kappa shape index (κ1) is 22.1. The third-order valence-corrected chi connectivity index (χ3v) is 7.28. The Bertz CT molecular complexity index is 1030. The molecule has 4 nitrogen and oxygen atoms in total. The Kier molecular flexibility index (Phi) is 6.55. The van der Waals surface area contributed by atoms with Gasteiger partial charge < -0.3 is 20.1 Å². The highest BCUT2D eigenvalue weighted by molar-refractivity contribution is 7.15. The average Bonchev–Trinajstić information content (AvgIpc) is 3.23. The molecule has 0 radical (unpaired) electrons. The van der Waals surface area contributed by atoms with Crippen molar-refractivity contribution < 1.29 is 24.4 Å². The van der Waals surface area contributed by atoms with E-state index in [2.05, 4.69) is 6.07 Å². The molecule has 6 heteroatoms. The summed E-state index contributed by atoms with van der Waals surface area (Å²) in [6.07, 6.45) is -2.52. The number of thiophene rings is 1. The number of halogens is 1. The van der Waals surface area contributed by atoms with Crippen LogP contribution in [-0.4, -0.2) is 40.2 Å². The summed E-state index contributed by atoms with van der Waals surface area (Å²) in [6.45, 7) is 3.60. The van der Waals surface area contributed by atoms with Crippen molar-refractivity contribution in [2.45, 2.75) is 44.7 Å². The van der Waals surface area contributed by atoms with Crippen LogP contribution in [0.4, 0.5) is 4.39 Å². The predicted molar refractivity (Wildman–Crippen MR) is 120 cm³/mol. The molecule has 0 amide bonds. The van der Waals surface area contributed by atoms with Crippen molar-refractivity contribution in [2.75, 3.05) is 6.61 Å². The molecular weight excluding hydrogens is 415 g/mol. The van der Waals surface area contributed by atoms with Gasteiger partial charge in [-0.1, -0.05) is 37.3 Å². The van der Waals surface area contributed by atoms with Crippen molar-refractivity contribution in [1.82, 2.24) is 0 Å². The Labute approximate surface area is 185 Å². The minimum Gasteiger partial charge on any atom is -0.394 e. The van der Waals surface area contributed by atoms with Crippen LogP contribution in [0.2, 0.25) is 0 Å². The lowest BCUT2D eigenvalue weighted by Crippen LogP contribution is -2.50. The zero-order valence-electron chi connectivity index (χ0n) is 17.5. The van der Waals surface area contributed by atoms with Crippen molar-refractivity contribution in [3.8, 4) is 10.4 Å². The molecule has 5 atom stereocenters. The molecule has 0 aliphatic carbocycles. The highest BCUT2D eigenvalue weighted by atomic mass is 32.1. The van der Waals surface area contributed by atoms with Gasteiger partial charge in [0.1, 0.15) is 18.0 Å². The summed E-state index contributed by atoms with van der Waals surface area (Å²) in [6, 6.07) is 16.5. The third-order valence-electron chi connectivity index (χ3n) is 6.14. The SMILES string of the molecule is Cc1ccc(C2OC(CO)C(C)C(O)C2O)cc1Cc1ccc(-c2ccc(F)cc2)s1. The van der Waals surface area contributed by atoms with Gasteiger partial charge in [-0.3, -0.25) is 0 Å². The second kappa shape index (κ2) is 9.18. The number of benzene rings is 2. The lowest BCUT2D eigenvalue weighted by atomic mass is 9.85. The van der Waals surface area contributed by atoms with E-state index in [1.165, 1.54) is 17.0 Å². The van der Waals surface area contributed by atoms with Crippen LogP contribution in [0, 0.1) is 18.7 Å². The Balaban J connectivity index is 1.57. The van der Waals surface area contributed by atoms with Crippen molar-refractivity contribution >= 4 is 11.3 Å². The molecule has 3 aromatic rings. The number of hydrogen-bond donors (Lipinski definition) is 3. The zero-order chi connectivity index (χ0) is 22.1. The minimum absolute atomic E-state index is 0.207. The van der Waals surface area contributed by atoms with Gasteiger partial charge in [0.15, 0.2) is 0 Å². The van der Waals surface area contributed by atoms with Crippen molar-refractivity contribution in [2.24, 2.45) is 5.92 Å². The molecular formula is C25H27FO4S. The van der Waals surface area contributed by atoms with Gasteiger partial charge in [-0.05, 0) is 53.4 Å². The topological polar surface area (TPSA) is 69.9 Å². The Hall–Kier alpha value is -2.09. The molecule has 1 aliphatic heterocycles. The van der Waals surface area contributed by atoms with E-state index in [4.69, 9.17) is 4.74 Å². The Morgan fingerprint density at radius 3 is 2.45 bits per heavy atom. The molecule has 0 bridgehead atoms. The molecule has 0 saturated carbocycles. The second-order valence-electron chi connectivity index (χ2n) is 8.25. The number of aryl methyl sites for hydroxylation is 1. The first-order chi connectivity index (χ1) is 14.9. The van der Waals surface area contributed by atoms with Gasteiger partial charge in [0, 0.05) is 22.1 Å². The van der Waals surface area contributed by atoms with E-state index < -0.39 is 24.4 Å². The third kappa shape index (κ3) is 4.59.